The molecule has 0 radical (unpaired) electrons. The van der Waals surface area contributed by atoms with Gasteiger partial charge < -0.3 is 10.2 Å². The molecule has 0 spiro atoms. The number of thiophene rings is 1. The molecule has 1 aliphatic heterocycles. The maximum absolute atomic E-state index is 12.3. The minimum atomic E-state index is -0.258. The molecule has 3 rings (SSSR count). The van der Waals surface area contributed by atoms with E-state index in [1.807, 2.05) is 35.7 Å². The van der Waals surface area contributed by atoms with Gasteiger partial charge in [-0.25, -0.2) is 0 Å². The summed E-state index contributed by atoms with van der Waals surface area (Å²) in [4.78, 5) is 27.5. The lowest BCUT2D eigenvalue weighted by Gasteiger charge is -2.17. The second kappa shape index (κ2) is 7.62. The Labute approximate surface area is 146 Å². The molecule has 1 aromatic heterocycles. The summed E-state index contributed by atoms with van der Waals surface area (Å²) in [6, 6.07) is 12.1. The minimum absolute atomic E-state index is 0.0208. The summed E-state index contributed by atoms with van der Waals surface area (Å²) in [6.45, 7) is 3.19. The first-order chi connectivity index (χ1) is 11.7. The van der Waals surface area contributed by atoms with Crippen molar-refractivity contribution in [1.82, 2.24) is 5.32 Å². The Kier molecular flexibility index (Phi) is 5.30. The molecule has 2 aromatic rings. The number of carbonyl (C=O) groups excluding carboxylic acids is 2. The summed E-state index contributed by atoms with van der Waals surface area (Å²) in [6.07, 6.45) is 2.11. The van der Waals surface area contributed by atoms with Crippen molar-refractivity contribution >= 4 is 28.8 Å². The van der Waals surface area contributed by atoms with Gasteiger partial charge in [-0.05, 0) is 42.0 Å². The largest absolute Gasteiger partial charge is 0.355 e. The quantitative estimate of drug-likeness (QED) is 0.877. The standard InChI is InChI=1S/C19H22N2O2S/c1-2-14-5-7-16(8-6-14)21-13-15(12-18(21)22)19(23)20-10-9-17-4-3-11-24-17/h3-8,11,15H,2,9-10,12-13H2,1H3,(H,20,23)/t15-/m1/s1. The van der Waals surface area contributed by atoms with Crippen LogP contribution >= 0.6 is 11.3 Å². The molecule has 0 aliphatic carbocycles. The van der Waals surface area contributed by atoms with Crippen LogP contribution in [0.1, 0.15) is 23.8 Å². The van der Waals surface area contributed by atoms with E-state index >= 15 is 0 Å². The van der Waals surface area contributed by atoms with Gasteiger partial charge in [-0.3, -0.25) is 9.59 Å². The average molecular weight is 342 g/mol. The van der Waals surface area contributed by atoms with Crippen molar-refractivity contribution in [2.45, 2.75) is 26.2 Å². The molecular formula is C19H22N2O2S. The van der Waals surface area contributed by atoms with Gasteiger partial charge in [0.2, 0.25) is 11.8 Å². The van der Waals surface area contributed by atoms with Crippen LogP contribution in [0.4, 0.5) is 5.69 Å². The van der Waals surface area contributed by atoms with Gasteiger partial charge in [0, 0.05) is 30.1 Å². The molecule has 1 atom stereocenters. The lowest BCUT2D eigenvalue weighted by Crippen LogP contribution is -2.34. The zero-order valence-electron chi connectivity index (χ0n) is 13.8. The van der Waals surface area contributed by atoms with E-state index in [1.54, 1.807) is 16.2 Å². The maximum atomic E-state index is 12.3. The van der Waals surface area contributed by atoms with E-state index in [4.69, 9.17) is 0 Å². The van der Waals surface area contributed by atoms with Gasteiger partial charge in [0.15, 0.2) is 0 Å². The minimum Gasteiger partial charge on any atom is -0.355 e. The Morgan fingerprint density at radius 3 is 2.75 bits per heavy atom. The summed E-state index contributed by atoms with van der Waals surface area (Å²) < 4.78 is 0. The number of nitrogens with one attached hydrogen (secondary N) is 1. The Bertz CT molecular complexity index is 695. The van der Waals surface area contributed by atoms with Crippen LogP contribution in [0.25, 0.3) is 0 Å². The Morgan fingerprint density at radius 1 is 1.29 bits per heavy atom. The van der Waals surface area contributed by atoms with Gasteiger partial charge in [0.25, 0.3) is 0 Å². The van der Waals surface area contributed by atoms with Crippen molar-refractivity contribution in [3.63, 3.8) is 0 Å². The molecule has 0 saturated carbocycles. The van der Waals surface area contributed by atoms with E-state index in [1.165, 1.54) is 10.4 Å². The number of aryl methyl sites for hydroxylation is 1. The predicted octanol–water partition coefficient (Wildman–Crippen LogP) is 3.02. The molecule has 5 heteroatoms. The molecule has 1 aliphatic rings. The molecule has 1 saturated heterocycles. The highest BCUT2D eigenvalue weighted by molar-refractivity contribution is 7.09. The number of hydrogen-bond donors (Lipinski definition) is 1. The fourth-order valence-electron chi connectivity index (χ4n) is 2.95. The van der Waals surface area contributed by atoms with E-state index in [0.717, 1.165) is 18.5 Å². The Hall–Kier alpha value is -2.14. The predicted molar refractivity (Wildman–Crippen MR) is 97.3 cm³/mol. The molecule has 1 aromatic carbocycles. The Balaban J connectivity index is 1.54. The highest BCUT2D eigenvalue weighted by Gasteiger charge is 2.34. The van der Waals surface area contributed by atoms with Crippen LogP contribution < -0.4 is 10.2 Å². The SMILES string of the molecule is CCc1ccc(N2C[C@H](C(=O)NCCc3cccs3)CC2=O)cc1. The number of amides is 2. The van der Waals surface area contributed by atoms with Crippen LogP contribution in [0.5, 0.6) is 0 Å². The normalized spacial score (nSPS) is 17.3. The molecule has 0 bridgehead atoms. The fraction of sp³-hybridized carbons (Fsp3) is 0.368. The zero-order chi connectivity index (χ0) is 16.9. The van der Waals surface area contributed by atoms with Crippen LogP contribution in [0.2, 0.25) is 0 Å². The number of carbonyl (C=O) groups is 2. The molecule has 2 amide bonds. The van der Waals surface area contributed by atoms with Crippen molar-refractivity contribution in [1.29, 1.82) is 0 Å². The number of benzene rings is 1. The summed E-state index contributed by atoms with van der Waals surface area (Å²) in [7, 11) is 0. The van der Waals surface area contributed by atoms with E-state index < -0.39 is 0 Å². The number of nitrogens with zero attached hydrogens (tertiary/aromatic N) is 1. The van der Waals surface area contributed by atoms with Gasteiger partial charge in [-0.15, -0.1) is 11.3 Å². The number of anilines is 1. The van der Waals surface area contributed by atoms with Gasteiger partial charge in [0.05, 0.1) is 5.92 Å². The molecule has 4 nitrogen and oxygen atoms in total. The topological polar surface area (TPSA) is 49.4 Å². The smallest absolute Gasteiger partial charge is 0.227 e. The van der Waals surface area contributed by atoms with Gasteiger partial charge in [-0.2, -0.15) is 0 Å². The third-order valence-corrected chi connectivity index (χ3v) is 5.34. The van der Waals surface area contributed by atoms with Crippen molar-refractivity contribution < 1.29 is 9.59 Å². The summed E-state index contributed by atoms with van der Waals surface area (Å²) in [5.74, 6) is -0.253. The second-order valence-corrected chi connectivity index (χ2v) is 7.08. The van der Waals surface area contributed by atoms with Crippen molar-refractivity contribution in [2.75, 3.05) is 18.0 Å². The van der Waals surface area contributed by atoms with Crippen molar-refractivity contribution in [2.24, 2.45) is 5.92 Å². The highest BCUT2D eigenvalue weighted by atomic mass is 32.1. The second-order valence-electron chi connectivity index (χ2n) is 6.05. The first-order valence-corrected chi connectivity index (χ1v) is 9.24. The van der Waals surface area contributed by atoms with Gasteiger partial charge in [0.1, 0.15) is 0 Å². The molecule has 2 heterocycles. The maximum Gasteiger partial charge on any atom is 0.227 e. The van der Waals surface area contributed by atoms with Gasteiger partial charge >= 0.3 is 0 Å². The molecular weight excluding hydrogens is 320 g/mol. The summed E-state index contributed by atoms with van der Waals surface area (Å²) in [5.41, 5.74) is 2.12. The lowest BCUT2D eigenvalue weighted by molar-refractivity contribution is -0.126. The van der Waals surface area contributed by atoms with E-state index in [0.29, 0.717) is 19.5 Å². The fourth-order valence-corrected chi connectivity index (χ4v) is 3.66. The van der Waals surface area contributed by atoms with Crippen LogP contribution in [-0.4, -0.2) is 24.9 Å². The number of hydrogen-bond acceptors (Lipinski definition) is 3. The van der Waals surface area contributed by atoms with Crippen LogP contribution in [-0.2, 0) is 22.4 Å². The lowest BCUT2D eigenvalue weighted by atomic mass is 10.1. The Morgan fingerprint density at radius 2 is 2.08 bits per heavy atom. The summed E-state index contributed by atoms with van der Waals surface area (Å²) >= 11 is 1.69. The molecule has 1 N–H and O–H groups in total. The third kappa shape index (κ3) is 3.85. The molecule has 1 fully saturated rings. The monoisotopic (exact) mass is 342 g/mol. The van der Waals surface area contributed by atoms with Crippen LogP contribution in [0.15, 0.2) is 41.8 Å². The van der Waals surface area contributed by atoms with E-state index in [9.17, 15) is 9.59 Å². The van der Waals surface area contributed by atoms with Gasteiger partial charge in [-0.1, -0.05) is 25.1 Å². The van der Waals surface area contributed by atoms with Crippen LogP contribution in [0.3, 0.4) is 0 Å². The van der Waals surface area contributed by atoms with Crippen LogP contribution in [0, 0.1) is 5.92 Å². The van der Waals surface area contributed by atoms with Crippen molar-refractivity contribution in [3.8, 4) is 0 Å². The molecule has 24 heavy (non-hydrogen) atoms. The first-order valence-electron chi connectivity index (χ1n) is 8.36. The summed E-state index contributed by atoms with van der Waals surface area (Å²) in [5, 5.41) is 5.00. The first kappa shape index (κ1) is 16.7. The van der Waals surface area contributed by atoms with E-state index in [-0.39, 0.29) is 17.7 Å². The zero-order valence-corrected chi connectivity index (χ0v) is 14.6. The average Bonchev–Trinajstić information content (AvgIpc) is 3.24. The molecule has 126 valence electrons. The molecule has 0 unspecified atom stereocenters. The highest BCUT2D eigenvalue weighted by Crippen LogP contribution is 2.25. The number of rotatable bonds is 6. The third-order valence-electron chi connectivity index (χ3n) is 4.40. The van der Waals surface area contributed by atoms with E-state index in [2.05, 4.69) is 18.3 Å². The van der Waals surface area contributed by atoms with Crippen molar-refractivity contribution in [3.05, 3.63) is 52.2 Å².